The number of ether oxygens (including phenoxy) is 1. The molecule has 1 heterocycles. The third-order valence-corrected chi connectivity index (χ3v) is 4.77. The summed E-state index contributed by atoms with van der Waals surface area (Å²) in [4.78, 5) is 12.3. The summed E-state index contributed by atoms with van der Waals surface area (Å²) < 4.78 is 5.60. The second kappa shape index (κ2) is 3.58. The Hall–Kier alpha value is -0.370. The number of carbonyl (C=O) groups excluding carboxylic acids is 1. The maximum absolute atomic E-state index is 12.3. The molecule has 84 valence electrons. The van der Waals surface area contributed by atoms with Crippen molar-refractivity contribution in [3.05, 3.63) is 0 Å². The Labute approximate surface area is 91.4 Å². The van der Waals surface area contributed by atoms with Gasteiger partial charge in [0.15, 0.2) is 5.78 Å². The van der Waals surface area contributed by atoms with E-state index in [0.29, 0.717) is 23.5 Å². The van der Waals surface area contributed by atoms with E-state index in [1.807, 2.05) is 0 Å². The van der Waals surface area contributed by atoms with E-state index < -0.39 is 0 Å². The molecule has 3 rings (SSSR count). The Morgan fingerprint density at radius 1 is 1.20 bits per heavy atom. The van der Waals surface area contributed by atoms with Crippen molar-refractivity contribution in [1.82, 2.24) is 0 Å². The lowest BCUT2D eigenvalue weighted by Crippen LogP contribution is -2.34. The average Bonchev–Trinajstić information content (AvgIpc) is 2.91. The van der Waals surface area contributed by atoms with Crippen LogP contribution in [-0.4, -0.2) is 18.5 Å². The molecule has 0 spiro atoms. The van der Waals surface area contributed by atoms with Crippen LogP contribution in [0.2, 0.25) is 0 Å². The molecule has 2 heteroatoms. The molecular formula is C13H20O2. The fraction of sp³-hybridized carbons (Fsp3) is 0.923. The fourth-order valence-electron chi connectivity index (χ4n) is 3.86. The number of hydrogen-bond donors (Lipinski definition) is 0. The van der Waals surface area contributed by atoms with Crippen molar-refractivity contribution < 1.29 is 9.53 Å². The number of ketones is 1. The SMILES string of the molecule is CC1CCOC1C(=O)C1CC2CCC1C2. The lowest BCUT2D eigenvalue weighted by molar-refractivity contribution is -0.135. The van der Waals surface area contributed by atoms with Crippen LogP contribution in [0.5, 0.6) is 0 Å². The van der Waals surface area contributed by atoms with Gasteiger partial charge in [0, 0.05) is 12.5 Å². The minimum Gasteiger partial charge on any atom is -0.370 e. The van der Waals surface area contributed by atoms with E-state index in [2.05, 4.69) is 6.92 Å². The van der Waals surface area contributed by atoms with Gasteiger partial charge in [-0.1, -0.05) is 13.3 Å². The van der Waals surface area contributed by atoms with Crippen molar-refractivity contribution in [3.63, 3.8) is 0 Å². The smallest absolute Gasteiger partial charge is 0.165 e. The third-order valence-electron chi connectivity index (χ3n) is 4.77. The van der Waals surface area contributed by atoms with Gasteiger partial charge in [0.2, 0.25) is 0 Å². The summed E-state index contributed by atoms with van der Waals surface area (Å²) in [6, 6.07) is 0. The molecule has 0 amide bonds. The summed E-state index contributed by atoms with van der Waals surface area (Å²) in [5.41, 5.74) is 0. The summed E-state index contributed by atoms with van der Waals surface area (Å²) >= 11 is 0. The van der Waals surface area contributed by atoms with E-state index >= 15 is 0 Å². The first kappa shape index (κ1) is 9.83. The van der Waals surface area contributed by atoms with Crippen LogP contribution in [-0.2, 0) is 9.53 Å². The van der Waals surface area contributed by atoms with Crippen LogP contribution < -0.4 is 0 Å². The van der Waals surface area contributed by atoms with Gasteiger partial charge in [0.25, 0.3) is 0 Å². The molecule has 0 radical (unpaired) electrons. The molecule has 0 aromatic carbocycles. The maximum Gasteiger partial charge on any atom is 0.165 e. The van der Waals surface area contributed by atoms with Crippen LogP contribution in [0.25, 0.3) is 0 Å². The monoisotopic (exact) mass is 208 g/mol. The number of fused-ring (bicyclic) bond motifs is 2. The van der Waals surface area contributed by atoms with Crippen molar-refractivity contribution >= 4 is 5.78 Å². The maximum atomic E-state index is 12.3. The molecule has 1 aliphatic heterocycles. The summed E-state index contributed by atoms with van der Waals surface area (Å²) in [5.74, 6) is 2.82. The number of carbonyl (C=O) groups is 1. The highest BCUT2D eigenvalue weighted by Crippen LogP contribution is 2.49. The van der Waals surface area contributed by atoms with Gasteiger partial charge >= 0.3 is 0 Å². The van der Waals surface area contributed by atoms with Crippen molar-refractivity contribution in [2.24, 2.45) is 23.7 Å². The average molecular weight is 208 g/mol. The zero-order valence-corrected chi connectivity index (χ0v) is 9.45. The van der Waals surface area contributed by atoms with E-state index in [0.717, 1.165) is 25.4 Å². The van der Waals surface area contributed by atoms with Gasteiger partial charge < -0.3 is 4.74 Å². The molecule has 2 bridgehead atoms. The van der Waals surface area contributed by atoms with E-state index in [4.69, 9.17) is 4.74 Å². The zero-order chi connectivity index (χ0) is 10.4. The van der Waals surface area contributed by atoms with E-state index in [9.17, 15) is 4.79 Å². The first-order valence-electron chi connectivity index (χ1n) is 6.41. The van der Waals surface area contributed by atoms with Gasteiger partial charge in [0.1, 0.15) is 6.10 Å². The summed E-state index contributed by atoms with van der Waals surface area (Å²) in [5, 5.41) is 0. The molecule has 3 fully saturated rings. The second-order valence-electron chi connectivity index (χ2n) is 5.74. The number of rotatable bonds is 2. The predicted octanol–water partition coefficient (Wildman–Crippen LogP) is 2.42. The van der Waals surface area contributed by atoms with Gasteiger partial charge in [0.05, 0.1) is 0 Å². The van der Waals surface area contributed by atoms with Gasteiger partial charge in [-0.05, 0) is 43.4 Å². The third kappa shape index (κ3) is 1.54. The molecule has 5 unspecified atom stereocenters. The Balaban J connectivity index is 1.69. The lowest BCUT2D eigenvalue weighted by Gasteiger charge is -2.24. The molecule has 0 N–H and O–H groups in total. The summed E-state index contributed by atoms with van der Waals surface area (Å²) in [6.07, 6.45) is 6.15. The quantitative estimate of drug-likeness (QED) is 0.696. The van der Waals surface area contributed by atoms with E-state index in [1.54, 1.807) is 0 Å². The van der Waals surface area contributed by atoms with Crippen molar-refractivity contribution in [3.8, 4) is 0 Å². The van der Waals surface area contributed by atoms with Crippen LogP contribution in [0.3, 0.4) is 0 Å². The van der Waals surface area contributed by atoms with Crippen LogP contribution >= 0.6 is 0 Å². The molecule has 2 saturated carbocycles. The molecule has 1 saturated heterocycles. The van der Waals surface area contributed by atoms with Gasteiger partial charge in [-0.15, -0.1) is 0 Å². The molecule has 15 heavy (non-hydrogen) atoms. The highest BCUT2D eigenvalue weighted by atomic mass is 16.5. The molecule has 0 aromatic heterocycles. The summed E-state index contributed by atoms with van der Waals surface area (Å²) in [6.45, 7) is 2.95. The van der Waals surface area contributed by atoms with Crippen molar-refractivity contribution in [1.29, 1.82) is 0 Å². The lowest BCUT2D eigenvalue weighted by atomic mass is 9.81. The molecule has 2 nitrogen and oxygen atoms in total. The van der Waals surface area contributed by atoms with E-state index in [-0.39, 0.29) is 6.10 Å². The largest absolute Gasteiger partial charge is 0.370 e. The Kier molecular flexibility index (Phi) is 2.35. The topological polar surface area (TPSA) is 26.3 Å². The zero-order valence-electron chi connectivity index (χ0n) is 9.45. The second-order valence-corrected chi connectivity index (χ2v) is 5.74. The Bertz CT molecular complexity index is 274. The Morgan fingerprint density at radius 3 is 2.60 bits per heavy atom. The Morgan fingerprint density at radius 2 is 2.07 bits per heavy atom. The molecule has 2 aliphatic carbocycles. The minimum absolute atomic E-state index is 0.0608. The first-order chi connectivity index (χ1) is 7.25. The van der Waals surface area contributed by atoms with Gasteiger partial charge in [-0.3, -0.25) is 4.79 Å². The summed E-state index contributed by atoms with van der Waals surface area (Å²) in [7, 11) is 0. The molecule has 3 aliphatic rings. The van der Waals surface area contributed by atoms with E-state index in [1.165, 1.54) is 19.3 Å². The van der Waals surface area contributed by atoms with Crippen LogP contribution in [0.1, 0.15) is 39.0 Å². The standard InChI is InChI=1S/C13H20O2/c1-8-4-5-15-13(8)12(14)11-7-9-2-3-10(11)6-9/h8-11,13H,2-7H2,1H3. The van der Waals surface area contributed by atoms with Crippen molar-refractivity contribution in [2.75, 3.05) is 6.61 Å². The van der Waals surface area contributed by atoms with Gasteiger partial charge in [-0.2, -0.15) is 0 Å². The van der Waals surface area contributed by atoms with Crippen LogP contribution in [0.4, 0.5) is 0 Å². The number of Topliss-reactive ketones (excluding diaryl/α,β-unsaturated/α-hetero) is 1. The van der Waals surface area contributed by atoms with Crippen LogP contribution in [0, 0.1) is 23.7 Å². The fourth-order valence-corrected chi connectivity index (χ4v) is 3.86. The van der Waals surface area contributed by atoms with Crippen molar-refractivity contribution in [2.45, 2.75) is 45.1 Å². The minimum atomic E-state index is -0.0608. The molecular weight excluding hydrogens is 188 g/mol. The first-order valence-corrected chi connectivity index (χ1v) is 6.41. The highest BCUT2D eigenvalue weighted by Gasteiger charge is 2.46. The van der Waals surface area contributed by atoms with Crippen LogP contribution in [0.15, 0.2) is 0 Å². The number of hydrogen-bond acceptors (Lipinski definition) is 2. The predicted molar refractivity (Wildman–Crippen MR) is 57.5 cm³/mol. The highest BCUT2D eigenvalue weighted by molar-refractivity contribution is 5.86. The molecule has 0 aromatic rings. The normalized spacial score (nSPS) is 48.7. The van der Waals surface area contributed by atoms with Gasteiger partial charge in [-0.25, -0.2) is 0 Å². The molecule has 5 atom stereocenters.